The summed E-state index contributed by atoms with van der Waals surface area (Å²) in [6.45, 7) is 2.33. The molecule has 2 unspecified atom stereocenters. The SMILES string of the molecule is CCCC1C2CC3(C(=O)N[C@H]4CC[C@H](N)CC4)CC1CC(c1ccccc1)(C2)C3. The summed E-state index contributed by atoms with van der Waals surface area (Å²) in [5, 5.41) is 3.52. The van der Waals surface area contributed by atoms with E-state index in [0.717, 1.165) is 62.7 Å². The van der Waals surface area contributed by atoms with Crippen LogP contribution in [0.4, 0.5) is 0 Å². The third-order valence-electron chi connectivity index (χ3n) is 9.10. The third-order valence-corrected chi connectivity index (χ3v) is 9.10. The number of hydrogen-bond donors (Lipinski definition) is 2. The van der Waals surface area contributed by atoms with Crippen molar-refractivity contribution < 1.29 is 4.79 Å². The smallest absolute Gasteiger partial charge is 0.226 e. The summed E-state index contributed by atoms with van der Waals surface area (Å²) in [6, 6.07) is 11.8. The fourth-order valence-corrected chi connectivity index (χ4v) is 8.05. The Labute approximate surface area is 176 Å². The summed E-state index contributed by atoms with van der Waals surface area (Å²) in [5.41, 5.74) is 7.67. The summed E-state index contributed by atoms with van der Waals surface area (Å²) < 4.78 is 0. The Morgan fingerprint density at radius 3 is 2.31 bits per heavy atom. The van der Waals surface area contributed by atoms with Gasteiger partial charge < -0.3 is 11.1 Å². The Bertz CT molecular complexity index is 720. The molecular formula is C26H38N2O. The fraction of sp³-hybridized carbons (Fsp3) is 0.731. The van der Waals surface area contributed by atoms with E-state index in [1.165, 1.54) is 31.2 Å². The van der Waals surface area contributed by atoms with Crippen LogP contribution in [-0.2, 0) is 10.2 Å². The lowest BCUT2D eigenvalue weighted by Crippen LogP contribution is -2.62. The predicted octanol–water partition coefficient (Wildman–Crippen LogP) is 4.94. The van der Waals surface area contributed by atoms with Crippen molar-refractivity contribution in [3.05, 3.63) is 35.9 Å². The van der Waals surface area contributed by atoms with E-state index in [1.807, 2.05) is 0 Å². The molecular weight excluding hydrogens is 356 g/mol. The number of nitrogens with two attached hydrogens (primary N) is 1. The highest BCUT2D eigenvalue weighted by Crippen LogP contribution is 2.68. The highest BCUT2D eigenvalue weighted by molar-refractivity contribution is 5.84. The minimum Gasteiger partial charge on any atom is -0.353 e. The van der Waals surface area contributed by atoms with Crippen LogP contribution in [0.5, 0.6) is 0 Å². The molecule has 1 aromatic carbocycles. The van der Waals surface area contributed by atoms with Crippen molar-refractivity contribution in [3.63, 3.8) is 0 Å². The van der Waals surface area contributed by atoms with Gasteiger partial charge in [0.15, 0.2) is 0 Å². The predicted molar refractivity (Wildman–Crippen MR) is 117 cm³/mol. The highest BCUT2D eigenvalue weighted by Gasteiger charge is 2.63. The first-order valence-corrected chi connectivity index (χ1v) is 12.2. The Morgan fingerprint density at radius 1 is 1.03 bits per heavy atom. The zero-order chi connectivity index (χ0) is 20.1. The second kappa shape index (κ2) is 7.41. The summed E-state index contributed by atoms with van der Waals surface area (Å²) in [7, 11) is 0. The molecule has 5 saturated carbocycles. The van der Waals surface area contributed by atoms with Gasteiger partial charge in [-0.15, -0.1) is 0 Å². The maximum Gasteiger partial charge on any atom is 0.226 e. The first-order valence-electron chi connectivity index (χ1n) is 12.2. The van der Waals surface area contributed by atoms with Crippen molar-refractivity contribution in [2.75, 3.05) is 0 Å². The van der Waals surface area contributed by atoms with E-state index in [9.17, 15) is 4.79 Å². The minimum absolute atomic E-state index is 0.133. The van der Waals surface area contributed by atoms with Crippen molar-refractivity contribution >= 4 is 5.91 Å². The normalized spacial score (nSPS) is 43.3. The zero-order valence-electron chi connectivity index (χ0n) is 18.0. The number of benzene rings is 1. The number of hydrogen-bond acceptors (Lipinski definition) is 2. The average Bonchev–Trinajstić information content (AvgIpc) is 2.72. The van der Waals surface area contributed by atoms with Gasteiger partial charge in [0.05, 0.1) is 5.41 Å². The monoisotopic (exact) mass is 394 g/mol. The molecule has 0 spiro atoms. The summed E-state index contributed by atoms with van der Waals surface area (Å²) >= 11 is 0. The molecule has 0 saturated heterocycles. The van der Waals surface area contributed by atoms with Crippen molar-refractivity contribution in [1.29, 1.82) is 0 Å². The number of rotatable bonds is 5. The van der Waals surface area contributed by atoms with E-state index in [-0.39, 0.29) is 10.8 Å². The number of carbonyl (C=O) groups excluding carboxylic acids is 1. The van der Waals surface area contributed by atoms with Gasteiger partial charge in [-0.25, -0.2) is 0 Å². The lowest BCUT2D eigenvalue weighted by molar-refractivity contribution is -0.159. The molecule has 2 atom stereocenters. The van der Waals surface area contributed by atoms with Crippen LogP contribution in [0, 0.1) is 23.2 Å². The molecule has 3 N–H and O–H groups in total. The lowest BCUT2D eigenvalue weighted by Gasteiger charge is -2.64. The second-order valence-corrected chi connectivity index (χ2v) is 11.0. The average molecular weight is 395 g/mol. The molecule has 0 heterocycles. The van der Waals surface area contributed by atoms with Gasteiger partial charge in [-0.2, -0.15) is 0 Å². The molecule has 3 nitrogen and oxygen atoms in total. The van der Waals surface area contributed by atoms with Gasteiger partial charge in [0, 0.05) is 12.1 Å². The number of amides is 1. The van der Waals surface area contributed by atoms with Crippen molar-refractivity contribution in [2.24, 2.45) is 28.9 Å². The van der Waals surface area contributed by atoms with Crippen LogP contribution in [0.15, 0.2) is 30.3 Å². The topological polar surface area (TPSA) is 55.1 Å². The highest BCUT2D eigenvalue weighted by atomic mass is 16.2. The van der Waals surface area contributed by atoms with Crippen LogP contribution in [0.3, 0.4) is 0 Å². The quantitative estimate of drug-likeness (QED) is 0.743. The second-order valence-electron chi connectivity index (χ2n) is 11.0. The number of nitrogens with one attached hydrogen (secondary N) is 1. The standard InChI is InChI=1S/C26H38N2O/c1-2-6-23-18-13-25(20-7-4-3-5-8-20)14-19(23)16-26(15-18,17-25)24(29)28-22-11-9-21(27)10-12-22/h3-5,7-8,18-19,21-23H,2,6,9-17,27H2,1H3,(H,28,29)/t18?,19?,21-,22-,23?,25?,26?. The Kier molecular flexibility index (Phi) is 5.01. The molecule has 6 rings (SSSR count). The third kappa shape index (κ3) is 3.34. The van der Waals surface area contributed by atoms with E-state index < -0.39 is 0 Å². The van der Waals surface area contributed by atoms with E-state index in [2.05, 4.69) is 42.6 Å². The van der Waals surface area contributed by atoms with E-state index in [0.29, 0.717) is 18.0 Å². The first kappa shape index (κ1) is 19.6. The molecule has 1 amide bonds. The molecule has 0 aromatic heterocycles. The summed E-state index contributed by atoms with van der Waals surface area (Å²) in [4.78, 5) is 13.7. The van der Waals surface area contributed by atoms with Crippen LogP contribution >= 0.6 is 0 Å². The minimum atomic E-state index is -0.133. The van der Waals surface area contributed by atoms with Crippen LogP contribution in [-0.4, -0.2) is 18.0 Å². The van der Waals surface area contributed by atoms with Gasteiger partial charge in [-0.1, -0.05) is 50.1 Å². The molecule has 29 heavy (non-hydrogen) atoms. The lowest BCUT2D eigenvalue weighted by atomic mass is 9.39. The molecule has 0 aliphatic heterocycles. The van der Waals surface area contributed by atoms with Gasteiger partial charge >= 0.3 is 0 Å². The molecule has 5 aliphatic carbocycles. The van der Waals surface area contributed by atoms with Crippen molar-refractivity contribution in [1.82, 2.24) is 5.32 Å². The van der Waals surface area contributed by atoms with Crippen LogP contribution < -0.4 is 11.1 Å². The molecule has 1 aromatic rings. The maximum absolute atomic E-state index is 13.7. The molecule has 3 heteroatoms. The van der Waals surface area contributed by atoms with Gasteiger partial charge in [0.1, 0.15) is 0 Å². The first-order chi connectivity index (χ1) is 14.0. The molecule has 5 fully saturated rings. The summed E-state index contributed by atoms with van der Waals surface area (Å²) in [5.74, 6) is 2.66. The summed E-state index contributed by atoms with van der Waals surface area (Å²) in [6.07, 6.45) is 12.7. The van der Waals surface area contributed by atoms with E-state index >= 15 is 0 Å². The Hall–Kier alpha value is -1.35. The Morgan fingerprint density at radius 2 is 1.69 bits per heavy atom. The number of carbonyl (C=O) groups is 1. The molecule has 4 bridgehead atoms. The van der Waals surface area contributed by atoms with E-state index in [4.69, 9.17) is 5.73 Å². The van der Waals surface area contributed by atoms with Gasteiger partial charge in [0.25, 0.3) is 0 Å². The van der Waals surface area contributed by atoms with Crippen LogP contribution in [0.2, 0.25) is 0 Å². The largest absolute Gasteiger partial charge is 0.353 e. The molecule has 0 radical (unpaired) electrons. The molecule has 158 valence electrons. The van der Waals surface area contributed by atoms with Crippen molar-refractivity contribution in [3.8, 4) is 0 Å². The van der Waals surface area contributed by atoms with Crippen LogP contribution in [0.25, 0.3) is 0 Å². The van der Waals surface area contributed by atoms with Gasteiger partial charge in [-0.05, 0) is 86.5 Å². The zero-order valence-corrected chi connectivity index (χ0v) is 18.0. The molecule has 5 aliphatic rings. The van der Waals surface area contributed by atoms with Gasteiger partial charge in [-0.3, -0.25) is 4.79 Å². The fourth-order valence-electron chi connectivity index (χ4n) is 8.05. The van der Waals surface area contributed by atoms with Crippen molar-refractivity contribution in [2.45, 2.75) is 95.1 Å². The Balaban J connectivity index is 1.42. The van der Waals surface area contributed by atoms with E-state index in [1.54, 1.807) is 0 Å². The van der Waals surface area contributed by atoms with Crippen LogP contribution in [0.1, 0.15) is 83.1 Å². The maximum atomic E-state index is 13.7. The van der Waals surface area contributed by atoms with Gasteiger partial charge in [0.2, 0.25) is 5.91 Å².